The number of hydrogen-bond acceptors (Lipinski definition) is 5. The number of aromatic nitrogens is 1. The molecule has 128 valence electrons. The first-order valence-corrected chi connectivity index (χ1v) is 7.39. The quantitative estimate of drug-likeness (QED) is 0.615. The highest BCUT2D eigenvalue weighted by Gasteiger charge is 2.11. The van der Waals surface area contributed by atoms with Crippen molar-refractivity contribution in [3.63, 3.8) is 0 Å². The molecule has 1 heterocycles. The maximum absolute atomic E-state index is 13.3. The van der Waals surface area contributed by atoms with Crippen molar-refractivity contribution in [3.05, 3.63) is 48.3 Å². The third kappa shape index (κ3) is 3.74. The molecule has 1 aromatic heterocycles. The van der Waals surface area contributed by atoms with E-state index in [1.54, 1.807) is 31.4 Å². The number of azo groups is 1. The maximum Gasteiger partial charge on any atom is 0.283 e. The molecule has 0 bridgehead atoms. The van der Waals surface area contributed by atoms with Crippen LogP contribution in [0.4, 0.5) is 15.8 Å². The van der Waals surface area contributed by atoms with Gasteiger partial charge in [0.05, 0.1) is 19.2 Å². The first-order chi connectivity index (χ1) is 12.1. The average Bonchev–Trinajstić information content (AvgIpc) is 2.93. The van der Waals surface area contributed by atoms with Crippen molar-refractivity contribution in [2.75, 3.05) is 19.0 Å². The van der Waals surface area contributed by atoms with Crippen LogP contribution >= 0.6 is 0 Å². The lowest BCUT2D eigenvalue weighted by Crippen LogP contribution is -2.10. The van der Waals surface area contributed by atoms with Crippen molar-refractivity contribution in [3.8, 4) is 11.6 Å². The van der Waals surface area contributed by atoms with Gasteiger partial charge in [0.1, 0.15) is 11.6 Å². The molecule has 0 saturated carbocycles. The number of anilines is 1. The second kappa shape index (κ2) is 7.00. The van der Waals surface area contributed by atoms with Crippen molar-refractivity contribution in [1.82, 2.24) is 4.98 Å². The molecule has 0 aliphatic rings. The number of ether oxygens (including phenoxy) is 1. The Balaban J connectivity index is 1.70. The molecule has 0 radical (unpaired) electrons. The van der Waals surface area contributed by atoms with E-state index in [9.17, 15) is 14.3 Å². The van der Waals surface area contributed by atoms with E-state index in [1.807, 2.05) is 0 Å². The van der Waals surface area contributed by atoms with E-state index in [2.05, 4.69) is 20.5 Å². The summed E-state index contributed by atoms with van der Waals surface area (Å²) >= 11 is 0. The normalized spacial score (nSPS) is 11.1. The number of aromatic amines is 1. The van der Waals surface area contributed by atoms with Gasteiger partial charge in [-0.15, -0.1) is 10.2 Å². The fourth-order valence-corrected chi connectivity index (χ4v) is 2.29. The number of fused-ring (bicyclic) bond motifs is 1. The van der Waals surface area contributed by atoms with Gasteiger partial charge in [-0.25, -0.2) is 4.39 Å². The molecule has 0 fully saturated rings. The Morgan fingerprint density at radius 1 is 1.32 bits per heavy atom. The van der Waals surface area contributed by atoms with Gasteiger partial charge in [0.15, 0.2) is 5.69 Å². The molecule has 0 aliphatic carbocycles. The number of carbonyl (C=O) groups excluding carboxylic acids is 1. The molecule has 1 amide bonds. The van der Waals surface area contributed by atoms with Gasteiger partial charge in [0, 0.05) is 17.1 Å². The van der Waals surface area contributed by atoms with Gasteiger partial charge in [-0.3, -0.25) is 4.79 Å². The van der Waals surface area contributed by atoms with E-state index in [0.29, 0.717) is 22.3 Å². The zero-order valence-electron chi connectivity index (χ0n) is 13.3. The molecular weight excluding hydrogens is 327 g/mol. The number of aromatic hydroxyl groups is 1. The molecule has 0 atom stereocenters. The number of halogens is 1. The molecule has 25 heavy (non-hydrogen) atoms. The number of nitrogens with one attached hydrogen (secondary N) is 2. The number of benzene rings is 2. The van der Waals surface area contributed by atoms with Crippen molar-refractivity contribution in [2.24, 2.45) is 10.2 Å². The van der Waals surface area contributed by atoms with Crippen molar-refractivity contribution in [1.29, 1.82) is 0 Å². The van der Waals surface area contributed by atoms with Crippen molar-refractivity contribution in [2.45, 2.75) is 0 Å². The summed E-state index contributed by atoms with van der Waals surface area (Å²) in [5, 5.41) is 20.4. The Labute approximate surface area is 142 Å². The van der Waals surface area contributed by atoms with Gasteiger partial charge in [0.25, 0.3) is 5.91 Å². The van der Waals surface area contributed by atoms with Crippen LogP contribution in [0.1, 0.15) is 0 Å². The summed E-state index contributed by atoms with van der Waals surface area (Å²) in [4.78, 5) is 14.5. The first kappa shape index (κ1) is 16.4. The van der Waals surface area contributed by atoms with Crippen molar-refractivity contribution >= 4 is 28.2 Å². The summed E-state index contributed by atoms with van der Waals surface area (Å²) in [6.07, 6.45) is 0. The van der Waals surface area contributed by atoms with E-state index in [1.165, 1.54) is 18.2 Å². The van der Waals surface area contributed by atoms with E-state index >= 15 is 0 Å². The maximum atomic E-state index is 13.3. The van der Waals surface area contributed by atoms with Gasteiger partial charge in [-0.2, -0.15) is 0 Å². The second-order valence-electron chi connectivity index (χ2n) is 5.19. The van der Waals surface area contributed by atoms with E-state index in [-0.39, 0.29) is 18.1 Å². The Kier molecular flexibility index (Phi) is 4.60. The van der Waals surface area contributed by atoms with Crippen LogP contribution in [0.5, 0.6) is 11.6 Å². The second-order valence-corrected chi connectivity index (χ2v) is 5.19. The predicted molar refractivity (Wildman–Crippen MR) is 90.9 cm³/mol. The van der Waals surface area contributed by atoms with Gasteiger partial charge in [-0.05, 0) is 30.3 Å². The Morgan fingerprint density at radius 3 is 2.96 bits per heavy atom. The third-order valence-corrected chi connectivity index (χ3v) is 3.49. The number of hydrogen-bond donors (Lipinski definition) is 3. The highest BCUT2D eigenvalue weighted by Crippen LogP contribution is 2.35. The van der Waals surface area contributed by atoms with E-state index in [4.69, 9.17) is 4.74 Å². The number of carbonyl (C=O) groups is 1. The van der Waals surface area contributed by atoms with Gasteiger partial charge < -0.3 is 20.1 Å². The standard InChI is InChI=1S/C17H15FN4O3/c1-25-12-4-2-3-11(8-12)19-9-15(23)21-22-16-13-7-10(18)5-6-14(13)20-17(16)24/h2-8,19-20,24H,9H2,1H3. The minimum absolute atomic E-state index is 0.0178. The fourth-order valence-electron chi connectivity index (χ4n) is 2.29. The summed E-state index contributed by atoms with van der Waals surface area (Å²) in [5.41, 5.74) is 1.21. The highest BCUT2D eigenvalue weighted by molar-refractivity contribution is 5.94. The van der Waals surface area contributed by atoms with Crippen LogP contribution in [0.15, 0.2) is 52.7 Å². The molecular formula is C17H15FN4O3. The Bertz CT molecular complexity index is 952. The van der Waals surface area contributed by atoms with Gasteiger partial charge >= 0.3 is 0 Å². The minimum Gasteiger partial charge on any atom is -0.497 e. The van der Waals surface area contributed by atoms with Crippen LogP contribution in [0.2, 0.25) is 0 Å². The lowest BCUT2D eigenvalue weighted by molar-refractivity contribution is -0.116. The summed E-state index contributed by atoms with van der Waals surface area (Å²) in [6.45, 7) is -0.0891. The molecule has 3 rings (SSSR count). The van der Waals surface area contributed by atoms with Crippen LogP contribution in [-0.4, -0.2) is 29.7 Å². The molecule has 3 N–H and O–H groups in total. The monoisotopic (exact) mass is 342 g/mol. The van der Waals surface area contributed by atoms with Gasteiger partial charge in [0.2, 0.25) is 5.88 Å². The summed E-state index contributed by atoms with van der Waals surface area (Å²) in [6, 6.07) is 11.0. The Morgan fingerprint density at radius 2 is 2.16 bits per heavy atom. The molecule has 0 unspecified atom stereocenters. The molecule has 0 saturated heterocycles. The van der Waals surface area contributed by atoms with E-state index in [0.717, 1.165) is 0 Å². The first-order valence-electron chi connectivity index (χ1n) is 7.39. The van der Waals surface area contributed by atoms with Crippen LogP contribution in [-0.2, 0) is 4.79 Å². The number of methoxy groups -OCH3 is 1. The SMILES string of the molecule is COc1cccc(NCC(=O)N=Nc2c(O)[nH]c3ccc(F)cc23)c1. The minimum atomic E-state index is -0.548. The number of H-pyrrole nitrogens is 1. The van der Waals surface area contributed by atoms with Crippen LogP contribution in [0.3, 0.4) is 0 Å². The van der Waals surface area contributed by atoms with Crippen molar-refractivity contribution < 1.29 is 19.0 Å². The third-order valence-electron chi connectivity index (χ3n) is 3.49. The summed E-state index contributed by atoms with van der Waals surface area (Å²) < 4.78 is 18.4. The Hall–Kier alpha value is -3.42. The van der Waals surface area contributed by atoms with Crippen LogP contribution in [0.25, 0.3) is 10.9 Å². The lowest BCUT2D eigenvalue weighted by Gasteiger charge is -2.05. The zero-order chi connectivity index (χ0) is 17.8. The van der Waals surface area contributed by atoms with Crippen LogP contribution in [0, 0.1) is 5.82 Å². The molecule has 7 nitrogen and oxygen atoms in total. The topological polar surface area (TPSA) is 99.1 Å². The molecule has 3 aromatic rings. The molecule has 8 heteroatoms. The largest absolute Gasteiger partial charge is 0.497 e. The molecule has 0 spiro atoms. The average molecular weight is 342 g/mol. The highest BCUT2D eigenvalue weighted by atomic mass is 19.1. The van der Waals surface area contributed by atoms with E-state index < -0.39 is 11.7 Å². The lowest BCUT2D eigenvalue weighted by atomic mass is 10.2. The zero-order valence-corrected chi connectivity index (χ0v) is 13.3. The number of nitrogens with zero attached hydrogens (tertiary/aromatic N) is 2. The van der Waals surface area contributed by atoms with Crippen LogP contribution < -0.4 is 10.1 Å². The predicted octanol–water partition coefficient (Wildman–Crippen LogP) is 3.74. The number of amides is 1. The van der Waals surface area contributed by atoms with Gasteiger partial charge in [-0.1, -0.05) is 6.07 Å². The fraction of sp³-hybridized carbons (Fsp3) is 0.118. The summed E-state index contributed by atoms with van der Waals surface area (Å²) in [7, 11) is 1.55. The smallest absolute Gasteiger partial charge is 0.283 e. The summed E-state index contributed by atoms with van der Waals surface area (Å²) in [5.74, 6) is -0.648. The number of rotatable bonds is 5. The molecule has 0 aliphatic heterocycles. The molecule has 2 aromatic carbocycles.